The number of hydrogen-bond donors (Lipinski definition) is 0. The molecule has 0 amide bonds. The second-order valence-corrected chi connectivity index (χ2v) is 4.43. The molecule has 1 aromatic carbocycles. The summed E-state index contributed by atoms with van der Waals surface area (Å²) in [4.78, 5) is 23.7. The Morgan fingerprint density at radius 2 is 1.72 bits per heavy atom. The summed E-state index contributed by atoms with van der Waals surface area (Å²) in [5, 5.41) is 0. The van der Waals surface area contributed by atoms with E-state index in [1.165, 1.54) is 0 Å². The third-order valence-corrected chi connectivity index (χ3v) is 3.22. The molecule has 1 heterocycles. The molecule has 0 spiro atoms. The maximum Gasteiger partial charge on any atom is 0.343 e. The van der Waals surface area contributed by atoms with Crippen molar-refractivity contribution in [1.82, 2.24) is 0 Å². The molecule has 1 aromatic heterocycles. The number of rotatable bonds is 1. The van der Waals surface area contributed by atoms with Crippen LogP contribution in [-0.4, -0.2) is 5.78 Å². The summed E-state index contributed by atoms with van der Waals surface area (Å²) in [7, 11) is 0. The molecule has 0 bridgehead atoms. The first kappa shape index (κ1) is 11.0. The van der Waals surface area contributed by atoms with Crippen molar-refractivity contribution in [3.63, 3.8) is 0 Å². The number of benzene rings is 1. The van der Waals surface area contributed by atoms with E-state index in [1.807, 2.05) is 30.3 Å². The summed E-state index contributed by atoms with van der Waals surface area (Å²) in [5.41, 5.74) is 1.45. The smallest absolute Gasteiger partial charge is 0.343 e. The third-order valence-electron chi connectivity index (χ3n) is 3.22. The molecule has 0 aliphatic heterocycles. The van der Waals surface area contributed by atoms with Crippen LogP contribution in [0, 0.1) is 0 Å². The highest BCUT2D eigenvalue weighted by Crippen LogP contribution is 2.24. The zero-order valence-electron chi connectivity index (χ0n) is 9.81. The lowest BCUT2D eigenvalue weighted by Crippen LogP contribution is -2.16. The molecule has 3 heteroatoms. The monoisotopic (exact) mass is 240 g/mol. The normalized spacial score (nSPS) is 14.3. The minimum atomic E-state index is -0.366. The fourth-order valence-electron chi connectivity index (χ4n) is 2.29. The molecule has 18 heavy (non-hydrogen) atoms. The molecule has 0 radical (unpaired) electrons. The van der Waals surface area contributed by atoms with Crippen molar-refractivity contribution in [3.05, 3.63) is 58.1 Å². The van der Waals surface area contributed by atoms with Gasteiger partial charge < -0.3 is 4.42 Å². The maximum atomic E-state index is 11.9. The van der Waals surface area contributed by atoms with Gasteiger partial charge in [-0.15, -0.1) is 0 Å². The highest BCUT2D eigenvalue weighted by atomic mass is 16.4. The second-order valence-electron chi connectivity index (χ2n) is 4.43. The number of carbonyl (C=O) groups excluding carboxylic acids is 1. The van der Waals surface area contributed by atoms with Crippen LogP contribution in [0.25, 0.3) is 11.1 Å². The van der Waals surface area contributed by atoms with Gasteiger partial charge in [0.15, 0.2) is 5.78 Å². The molecule has 0 N–H and O–H groups in total. The molecule has 0 saturated carbocycles. The van der Waals surface area contributed by atoms with E-state index < -0.39 is 0 Å². The lowest BCUT2D eigenvalue weighted by atomic mass is 9.94. The molecule has 0 saturated heterocycles. The van der Waals surface area contributed by atoms with Crippen LogP contribution in [0.3, 0.4) is 0 Å². The van der Waals surface area contributed by atoms with E-state index in [0.29, 0.717) is 29.7 Å². The molecule has 2 aromatic rings. The van der Waals surface area contributed by atoms with Gasteiger partial charge in [-0.3, -0.25) is 4.79 Å². The van der Waals surface area contributed by atoms with E-state index in [1.54, 1.807) is 6.07 Å². The average molecular weight is 240 g/mol. The number of fused-ring (bicyclic) bond motifs is 1. The van der Waals surface area contributed by atoms with Gasteiger partial charge in [0.2, 0.25) is 0 Å². The van der Waals surface area contributed by atoms with Gasteiger partial charge >= 0.3 is 5.63 Å². The molecule has 0 unspecified atom stereocenters. The Bertz CT molecular complexity index is 653. The zero-order valence-corrected chi connectivity index (χ0v) is 9.81. The molecule has 3 rings (SSSR count). The van der Waals surface area contributed by atoms with Gasteiger partial charge in [0, 0.05) is 12.8 Å². The number of aryl methyl sites for hydroxylation is 1. The van der Waals surface area contributed by atoms with E-state index in [4.69, 9.17) is 4.42 Å². The van der Waals surface area contributed by atoms with E-state index in [0.717, 1.165) is 12.0 Å². The Balaban J connectivity index is 2.20. The highest BCUT2D eigenvalue weighted by molar-refractivity contribution is 5.98. The first-order valence-corrected chi connectivity index (χ1v) is 6.01. The number of Topliss-reactive ketones (excluding diaryl/α,β-unsaturated/α-hetero) is 1. The summed E-state index contributed by atoms with van der Waals surface area (Å²) < 4.78 is 5.28. The molecule has 0 atom stereocenters. The van der Waals surface area contributed by atoms with E-state index in [-0.39, 0.29) is 11.4 Å². The minimum Gasteiger partial charge on any atom is -0.427 e. The van der Waals surface area contributed by atoms with Gasteiger partial charge in [-0.1, -0.05) is 30.3 Å². The van der Waals surface area contributed by atoms with Crippen molar-refractivity contribution >= 4 is 5.78 Å². The largest absolute Gasteiger partial charge is 0.427 e. The van der Waals surface area contributed by atoms with Gasteiger partial charge in [0.25, 0.3) is 0 Å². The molecular weight excluding hydrogens is 228 g/mol. The second kappa shape index (κ2) is 4.26. The fraction of sp³-hybridized carbons (Fsp3) is 0.200. The van der Waals surface area contributed by atoms with E-state index in [9.17, 15) is 9.59 Å². The number of carbonyl (C=O) groups is 1. The first-order chi connectivity index (χ1) is 8.75. The standard InChI is InChI=1S/C15H12O3/c16-13-7-4-8-14-12(13)9-11(15(17)18-14)10-5-2-1-3-6-10/h1-3,5-6,9H,4,7-8H2. The Kier molecular flexibility index (Phi) is 2.59. The van der Waals surface area contributed by atoms with Crippen LogP contribution in [0.1, 0.15) is 29.0 Å². The number of ketones is 1. The van der Waals surface area contributed by atoms with Gasteiger partial charge in [-0.2, -0.15) is 0 Å². The Morgan fingerprint density at radius 1 is 0.944 bits per heavy atom. The summed E-state index contributed by atoms with van der Waals surface area (Å²) in [6, 6.07) is 11.0. The van der Waals surface area contributed by atoms with Crippen LogP contribution in [0.5, 0.6) is 0 Å². The van der Waals surface area contributed by atoms with Crippen molar-refractivity contribution in [1.29, 1.82) is 0 Å². The lowest BCUT2D eigenvalue weighted by Gasteiger charge is -2.13. The Labute approximate surface area is 104 Å². The van der Waals surface area contributed by atoms with Gasteiger partial charge in [-0.05, 0) is 18.1 Å². The average Bonchev–Trinajstić information content (AvgIpc) is 2.39. The van der Waals surface area contributed by atoms with Crippen molar-refractivity contribution in [3.8, 4) is 11.1 Å². The summed E-state index contributed by atoms with van der Waals surface area (Å²) in [6.45, 7) is 0. The van der Waals surface area contributed by atoms with Crippen LogP contribution in [0.2, 0.25) is 0 Å². The molecule has 1 aliphatic rings. The maximum absolute atomic E-state index is 11.9. The summed E-state index contributed by atoms with van der Waals surface area (Å²) in [5.74, 6) is 0.605. The van der Waals surface area contributed by atoms with Crippen LogP contribution in [-0.2, 0) is 6.42 Å². The third kappa shape index (κ3) is 1.78. The molecular formula is C15H12O3. The van der Waals surface area contributed by atoms with E-state index in [2.05, 4.69) is 0 Å². The van der Waals surface area contributed by atoms with Crippen molar-refractivity contribution in [2.75, 3.05) is 0 Å². The SMILES string of the molecule is O=C1CCCc2oc(=O)c(-c3ccccc3)cc21. The highest BCUT2D eigenvalue weighted by Gasteiger charge is 2.21. The Morgan fingerprint density at radius 3 is 2.50 bits per heavy atom. The van der Waals surface area contributed by atoms with Crippen molar-refractivity contribution in [2.45, 2.75) is 19.3 Å². The molecule has 3 nitrogen and oxygen atoms in total. The minimum absolute atomic E-state index is 0.0668. The van der Waals surface area contributed by atoms with Crippen LogP contribution in [0.15, 0.2) is 45.6 Å². The van der Waals surface area contributed by atoms with Crippen LogP contribution >= 0.6 is 0 Å². The molecule has 0 fully saturated rings. The summed E-state index contributed by atoms with van der Waals surface area (Å²) >= 11 is 0. The van der Waals surface area contributed by atoms with Gasteiger partial charge in [-0.25, -0.2) is 4.79 Å². The van der Waals surface area contributed by atoms with Crippen LogP contribution in [0.4, 0.5) is 0 Å². The predicted octanol–water partition coefficient (Wildman–Crippen LogP) is 2.83. The lowest BCUT2D eigenvalue weighted by molar-refractivity contribution is 0.0966. The van der Waals surface area contributed by atoms with Crippen LogP contribution < -0.4 is 5.63 Å². The first-order valence-electron chi connectivity index (χ1n) is 6.01. The molecule has 1 aliphatic carbocycles. The summed E-state index contributed by atoms with van der Waals surface area (Å²) in [6.07, 6.45) is 1.97. The quantitative estimate of drug-likeness (QED) is 0.770. The predicted molar refractivity (Wildman–Crippen MR) is 67.7 cm³/mol. The topological polar surface area (TPSA) is 47.3 Å². The van der Waals surface area contributed by atoms with E-state index >= 15 is 0 Å². The fourth-order valence-corrected chi connectivity index (χ4v) is 2.29. The van der Waals surface area contributed by atoms with Gasteiger partial charge in [0.05, 0.1) is 11.1 Å². The number of hydrogen-bond acceptors (Lipinski definition) is 3. The van der Waals surface area contributed by atoms with Gasteiger partial charge in [0.1, 0.15) is 5.76 Å². The van der Waals surface area contributed by atoms with Crippen molar-refractivity contribution < 1.29 is 9.21 Å². The van der Waals surface area contributed by atoms with Crippen molar-refractivity contribution in [2.24, 2.45) is 0 Å². The molecule has 90 valence electrons. The Hall–Kier alpha value is -2.16. The zero-order chi connectivity index (χ0) is 12.5.